The van der Waals surface area contributed by atoms with E-state index in [1.807, 2.05) is 12.3 Å². The lowest BCUT2D eigenvalue weighted by molar-refractivity contribution is -0.001000. The number of benzene rings is 2. The maximum atomic E-state index is 4.88. The summed E-state index contributed by atoms with van der Waals surface area (Å²) in [6.07, 6.45) is 1.84. The van der Waals surface area contributed by atoms with Crippen molar-refractivity contribution >= 4 is 54.8 Å². The Morgan fingerprint density at radius 3 is 1.81 bits per heavy atom. The zero-order chi connectivity index (χ0) is 22.5. The molecule has 2 aromatic carbocycles. The number of nitrogens with zero attached hydrogens (tertiary/aromatic N) is 5. The minimum atomic E-state index is 0. The average molecular weight is 553 g/mol. The van der Waals surface area contributed by atoms with E-state index in [1.54, 1.807) is 22.7 Å². The van der Waals surface area contributed by atoms with Crippen LogP contribution >= 0.6 is 22.7 Å². The summed E-state index contributed by atoms with van der Waals surface area (Å²) >= 11 is 3.34. The van der Waals surface area contributed by atoms with Gasteiger partial charge in [-0.3, -0.25) is 15.0 Å². The van der Waals surface area contributed by atoms with Crippen LogP contribution in [-0.4, -0.2) is 52.8 Å². The van der Waals surface area contributed by atoms with Crippen molar-refractivity contribution in [2.45, 2.75) is 0 Å². The van der Waals surface area contributed by atoms with Crippen molar-refractivity contribution < 1.29 is 24.8 Å². The van der Waals surface area contributed by atoms with Crippen molar-refractivity contribution in [3.63, 3.8) is 0 Å². The Labute approximate surface area is 227 Å². The maximum absolute atomic E-state index is 4.88. The molecule has 3 aromatic heterocycles. The van der Waals surface area contributed by atoms with Gasteiger partial charge >= 0.3 is 0 Å². The van der Waals surface area contributed by atoms with Gasteiger partial charge in [-0.2, -0.15) is 0 Å². The molecule has 7 nitrogen and oxygen atoms in total. The monoisotopic (exact) mass is 551 g/mol. The fraction of sp³-hybridized carbons (Fsp3) is 0.160. The summed E-state index contributed by atoms with van der Waals surface area (Å²) in [5, 5.41) is 8.56. The number of thiazole rings is 2. The summed E-state index contributed by atoms with van der Waals surface area (Å²) in [6, 6.07) is 16.7. The van der Waals surface area contributed by atoms with E-state index in [1.165, 1.54) is 0 Å². The number of hydrogen-bond acceptors (Lipinski definition) is 9. The molecular weight excluding hydrogens is 533 g/mol. The minimum absolute atomic E-state index is 0. The van der Waals surface area contributed by atoms with Crippen LogP contribution < -0.4 is 35.4 Å². The summed E-state index contributed by atoms with van der Waals surface area (Å²) in [5.74, 6) is 1.93. The first kappa shape index (κ1) is 24.6. The molecule has 0 fully saturated rings. The molecule has 7 rings (SSSR count). The molecule has 182 valence electrons. The van der Waals surface area contributed by atoms with Gasteiger partial charge in [0.05, 0.1) is 39.2 Å². The summed E-state index contributed by atoms with van der Waals surface area (Å²) < 4.78 is 2.28. The van der Waals surface area contributed by atoms with Crippen LogP contribution in [0.5, 0.6) is 0 Å². The number of halogens is 2. The highest BCUT2D eigenvalue weighted by Crippen LogP contribution is 2.35. The number of aliphatic imine (C=N–C) groups is 2. The zero-order valence-electron chi connectivity index (χ0n) is 18.8. The molecule has 0 bridgehead atoms. The second kappa shape index (κ2) is 10.1. The molecule has 5 aromatic rings. The molecule has 0 unspecified atom stereocenters. The van der Waals surface area contributed by atoms with Crippen molar-refractivity contribution in [1.29, 1.82) is 0 Å². The van der Waals surface area contributed by atoms with E-state index in [2.05, 4.69) is 68.1 Å². The van der Waals surface area contributed by atoms with Crippen LogP contribution in [0.25, 0.3) is 41.7 Å². The van der Waals surface area contributed by atoms with Crippen LogP contribution in [0.1, 0.15) is 11.1 Å². The van der Waals surface area contributed by atoms with Gasteiger partial charge in [0.1, 0.15) is 21.7 Å². The lowest BCUT2D eigenvalue weighted by Crippen LogP contribution is -3.00. The molecular formula is C25H19Cl2N7S2-2. The zero-order valence-corrected chi connectivity index (χ0v) is 22.0. The predicted octanol–water partition coefficient (Wildman–Crippen LogP) is -1.66. The third-order valence-electron chi connectivity index (χ3n) is 5.90. The third kappa shape index (κ3) is 4.43. The summed E-state index contributed by atoms with van der Waals surface area (Å²) in [5.41, 5.74) is 6.11. The van der Waals surface area contributed by atoms with E-state index in [9.17, 15) is 0 Å². The van der Waals surface area contributed by atoms with Gasteiger partial charge in [0, 0.05) is 36.0 Å². The lowest BCUT2D eigenvalue weighted by atomic mass is 10.2. The molecule has 0 saturated carbocycles. The van der Waals surface area contributed by atoms with Crippen LogP contribution in [0, 0.1) is 0 Å². The Hall–Kier alpha value is -3.11. The smallest absolute Gasteiger partial charge is 0.143 e. The minimum Gasteiger partial charge on any atom is -1.00 e. The van der Waals surface area contributed by atoms with Gasteiger partial charge in [-0.05, 0) is 48.5 Å². The summed E-state index contributed by atoms with van der Waals surface area (Å²) in [7, 11) is 0. The quantitative estimate of drug-likeness (QED) is 0.279. The Morgan fingerprint density at radius 2 is 1.22 bits per heavy atom. The Balaban J connectivity index is 0.00000133. The van der Waals surface area contributed by atoms with Crippen LogP contribution in [0.2, 0.25) is 0 Å². The van der Waals surface area contributed by atoms with Crippen LogP contribution in [0.3, 0.4) is 0 Å². The largest absolute Gasteiger partial charge is 1.00 e. The molecule has 0 atom stereocenters. The number of aromatic nitrogens is 3. The molecule has 5 heterocycles. The number of hydrogen-bond donors (Lipinski definition) is 2. The molecule has 36 heavy (non-hydrogen) atoms. The van der Waals surface area contributed by atoms with E-state index in [-0.39, 0.29) is 24.8 Å². The van der Waals surface area contributed by atoms with Crippen molar-refractivity contribution in [3.8, 4) is 21.3 Å². The van der Waals surface area contributed by atoms with E-state index >= 15 is 0 Å². The van der Waals surface area contributed by atoms with E-state index in [4.69, 9.17) is 9.97 Å². The first-order valence-electron chi connectivity index (χ1n) is 11.2. The van der Waals surface area contributed by atoms with Gasteiger partial charge in [0.15, 0.2) is 0 Å². The topological polar surface area (TPSA) is 87.5 Å². The van der Waals surface area contributed by atoms with Gasteiger partial charge in [-0.15, -0.1) is 22.7 Å². The SMILES string of the molecule is [Cl-].[Cl-].c1cc(-c2nc3ccc(C4=NCCN4)cc3s2)cc(-c2nc3ccc(C4=NCCN4)cc3s2)n1. The van der Waals surface area contributed by atoms with Crippen molar-refractivity contribution in [1.82, 2.24) is 25.6 Å². The standard InChI is InChI=1S/C25H19N7S2.2ClH/c1-3-17-20(12-14(1)22-27-7-8-28-22)33-24(31-17)16-5-6-26-19(11-16)25-32-18-4-2-15(13-21(18)34-25)23-29-9-10-30-23;;/h1-6,11-13H,7-10H2,(H,27,28)(H,29,30);2*1H/p-2. The second-order valence-electron chi connectivity index (χ2n) is 8.15. The molecule has 2 aliphatic heterocycles. The van der Waals surface area contributed by atoms with Crippen LogP contribution in [0.4, 0.5) is 0 Å². The van der Waals surface area contributed by atoms with Crippen LogP contribution in [-0.2, 0) is 0 Å². The molecule has 11 heteroatoms. The first-order valence-corrected chi connectivity index (χ1v) is 12.8. The predicted molar refractivity (Wildman–Crippen MR) is 140 cm³/mol. The van der Waals surface area contributed by atoms with Gasteiger partial charge in [-0.25, -0.2) is 9.97 Å². The molecule has 2 aliphatic rings. The summed E-state index contributed by atoms with van der Waals surface area (Å²) in [4.78, 5) is 23.4. The highest BCUT2D eigenvalue weighted by atomic mass is 35.5. The Kier molecular flexibility index (Phi) is 6.90. The van der Waals surface area contributed by atoms with Crippen molar-refractivity contribution in [2.75, 3.05) is 26.2 Å². The van der Waals surface area contributed by atoms with Crippen molar-refractivity contribution in [3.05, 3.63) is 65.9 Å². The maximum Gasteiger partial charge on any atom is 0.143 e. The van der Waals surface area contributed by atoms with Gasteiger partial charge in [0.2, 0.25) is 0 Å². The molecule has 0 aliphatic carbocycles. The van der Waals surface area contributed by atoms with Gasteiger partial charge in [0.25, 0.3) is 0 Å². The Bertz CT molecular complexity index is 1520. The number of fused-ring (bicyclic) bond motifs is 2. The lowest BCUT2D eigenvalue weighted by Gasteiger charge is -2.01. The number of rotatable bonds is 4. The summed E-state index contributed by atoms with van der Waals surface area (Å²) in [6.45, 7) is 3.47. The number of amidine groups is 2. The van der Waals surface area contributed by atoms with Crippen molar-refractivity contribution in [2.24, 2.45) is 9.98 Å². The number of nitrogens with one attached hydrogen (secondary N) is 2. The molecule has 0 radical (unpaired) electrons. The number of pyridine rings is 1. The van der Waals surface area contributed by atoms with E-state index in [0.717, 1.165) is 90.7 Å². The molecule has 0 spiro atoms. The van der Waals surface area contributed by atoms with E-state index in [0.29, 0.717) is 0 Å². The normalized spacial score (nSPS) is 14.6. The third-order valence-corrected chi connectivity index (χ3v) is 8.01. The van der Waals surface area contributed by atoms with Crippen LogP contribution in [0.15, 0.2) is 64.7 Å². The Morgan fingerprint density at radius 1 is 0.639 bits per heavy atom. The van der Waals surface area contributed by atoms with Gasteiger partial charge < -0.3 is 35.4 Å². The fourth-order valence-electron chi connectivity index (χ4n) is 4.24. The average Bonchev–Trinajstić information content (AvgIpc) is 3.69. The molecule has 0 amide bonds. The first-order chi connectivity index (χ1) is 16.8. The highest BCUT2D eigenvalue weighted by molar-refractivity contribution is 7.22. The van der Waals surface area contributed by atoms with E-state index < -0.39 is 0 Å². The molecule has 2 N–H and O–H groups in total. The molecule has 0 saturated heterocycles. The fourth-order valence-corrected chi connectivity index (χ4v) is 6.21. The van der Waals surface area contributed by atoms with Gasteiger partial charge in [-0.1, -0.05) is 0 Å². The second-order valence-corrected chi connectivity index (χ2v) is 10.2. The highest BCUT2D eigenvalue weighted by Gasteiger charge is 2.15.